The van der Waals surface area contributed by atoms with Gasteiger partial charge >= 0.3 is 0 Å². The molecule has 2 rings (SSSR count). The van der Waals surface area contributed by atoms with Crippen LogP contribution in [0, 0.1) is 0 Å². The third kappa shape index (κ3) is 2.10. The smallest absolute Gasteiger partial charge is 0.0640 e. The second kappa shape index (κ2) is 4.52. The van der Waals surface area contributed by atoms with Crippen LogP contribution in [0.25, 0.3) is 0 Å². The van der Waals surface area contributed by atoms with E-state index < -0.39 is 0 Å². The molecule has 0 aromatic heterocycles. The minimum absolute atomic E-state index is 0. The molecule has 1 atom stereocenters. The monoisotopic (exact) mass is 237 g/mol. The van der Waals surface area contributed by atoms with Crippen LogP contribution >= 0.6 is 35.6 Å². The van der Waals surface area contributed by atoms with Gasteiger partial charge in [0.1, 0.15) is 0 Å². The molecule has 4 heteroatoms. The third-order valence-corrected chi connectivity index (χ3v) is 3.01. The largest absolute Gasteiger partial charge is 0.310 e. The molecule has 1 aliphatic rings. The van der Waals surface area contributed by atoms with Crippen molar-refractivity contribution in [1.29, 1.82) is 0 Å². The van der Waals surface area contributed by atoms with Crippen LogP contribution in [0.5, 0.6) is 0 Å². The van der Waals surface area contributed by atoms with Crippen LogP contribution in [0.1, 0.15) is 18.0 Å². The zero-order valence-corrected chi connectivity index (χ0v) is 9.22. The predicted molar refractivity (Wildman–Crippen MR) is 59.1 cm³/mol. The maximum Gasteiger partial charge on any atom is 0.0640 e. The van der Waals surface area contributed by atoms with Gasteiger partial charge in [-0.3, -0.25) is 0 Å². The van der Waals surface area contributed by atoms with E-state index in [1.165, 1.54) is 0 Å². The first-order valence-electron chi connectivity index (χ1n) is 3.96. The summed E-state index contributed by atoms with van der Waals surface area (Å²) in [7, 11) is 0. The lowest BCUT2D eigenvalue weighted by Gasteiger charge is -2.28. The highest BCUT2D eigenvalue weighted by Gasteiger charge is 2.21. The summed E-state index contributed by atoms with van der Waals surface area (Å²) in [5.74, 6) is 0. The lowest BCUT2D eigenvalue weighted by atomic mass is 9.98. The molecule has 13 heavy (non-hydrogen) atoms. The van der Waals surface area contributed by atoms with Crippen molar-refractivity contribution in [3.8, 4) is 0 Å². The summed E-state index contributed by atoms with van der Waals surface area (Å²) in [5, 5.41) is 4.62. The van der Waals surface area contributed by atoms with Crippen LogP contribution in [-0.2, 0) is 0 Å². The summed E-state index contributed by atoms with van der Waals surface area (Å²) in [4.78, 5) is 0. The Labute approximate surface area is 93.8 Å². The quantitative estimate of drug-likeness (QED) is 0.790. The molecule has 0 bridgehead atoms. The Morgan fingerprint density at radius 2 is 2.00 bits per heavy atom. The summed E-state index contributed by atoms with van der Waals surface area (Å²) < 4.78 is 0. The number of rotatable bonds is 1. The Kier molecular flexibility index (Phi) is 3.87. The summed E-state index contributed by atoms with van der Waals surface area (Å²) in [6, 6.07) is 6.18. The van der Waals surface area contributed by atoms with Crippen LogP contribution in [0.3, 0.4) is 0 Å². The molecule has 0 unspecified atom stereocenters. The first kappa shape index (κ1) is 11.1. The van der Waals surface area contributed by atoms with E-state index in [4.69, 9.17) is 23.2 Å². The second-order valence-electron chi connectivity index (χ2n) is 2.94. The maximum atomic E-state index is 6.03. The van der Waals surface area contributed by atoms with Gasteiger partial charge in [0, 0.05) is 6.04 Å². The number of halogens is 3. The molecule has 0 aliphatic carbocycles. The van der Waals surface area contributed by atoms with Crippen molar-refractivity contribution in [1.82, 2.24) is 5.32 Å². The Bertz CT molecular complexity index is 297. The molecule has 1 aromatic carbocycles. The van der Waals surface area contributed by atoms with Crippen LogP contribution < -0.4 is 5.32 Å². The molecule has 1 heterocycles. The summed E-state index contributed by atoms with van der Waals surface area (Å²) in [6.45, 7) is 1.08. The normalized spacial score (nSPS) is 20.3. The van der Waals surface area contributed by atoms with Gasteiger partial charge in [0.15, 0.2) is 0 Å². The number of hydrogen-bond donors (Lipinski definition) is 1. The van der Waals surface area contributed by atoms with Gasteiger partial charge in [-0.25, -0.2) is 0 Å². The highest BCUT2D eigenvalue weighted by Crippen LogP contribution is 2.33. The fraction of sp³-hybridized carbons (Fsp3) is 0.333. The molecular formula is C9H10Cl3N. The molecule has 1 N–H and O–H groups in total. The molecule has 0 radical (unpaired) electrons. The van der Waals surface area contributed by atoms with Crippen LogP contribution in [0.4, 0.5) is 0 Å². The Hall–Kier alpha value is 0.0500. The predicted octanol–water partition coefficient (Wildman–Crippen LogP) is 3.45. The van der Waals surface area contributed by atoms with E-state index in [0.29, 0.717) is 16.1 Å². The van der Waals surface area contributed by atoms with Crippen molar-refractivity contribution in [2.45, 2.75) is 12.5 Å². The van der Waals surface area contributed by atoms with E-state index in [9.17, 15) is 0 Å². The van der Waals surface area contributed by atoms with E-state index in [1.807, 2.05) is 18.2 Å². The van der Waals surface area contributed by atoms with Gasteiger partial charge in [0.05, 0.1) is 10.0 Å². The highest BCUT2D eigenvalue weighted by molar-refractivity contribution is 6.42. The first-order chi connectivity index (χ1) is 5.79. The summed E-state index contributed by atoms with van der Waals surface area (Å²) in [6.07, 6.45) is 1.15. The van der Waals surface area contributed by atoms with Gasteiger partial charge < -0.3 is 5.32 Å². The number of nitrogens with one attached hydrogen (secondary N) is 1. The number of benzene rings is 1. The molecule has 1 aromatic rings. The lowest BCUT2D eigenvalue weighted by molar-refractivity contribution is 0.383. The van der Waals surface area contributed by atoms with Gasteiger partial charge in [-0.2, -0.15) is 0 Å². The van der Waals surface area contributed by atoms with E-state index in [-0.39, 0.29) is 12.4 Å². The van der Waals surface area contributed by atoms with Crippen LogP contribution in [-0.4, -0.2) is 6.54 Å². The topological polar surface area (TPSA) is 12.0 Å². The van der Waals surface area contributed by atoms with Gasteiger partial charge in [-0.15, -0.1) is 12.4 Å². The molecule has 1 fully saturated rings. The van der Waals surface area contributed by atoms with E-state index in [1.54, 1.807) is 0 Å². The fourth-order valence-corrected chi connectivity index (χ4v) is 1.78. The van der Waals surface area contributed by atoms with Gasteiger partial charge in [-0.1, -0.05) is 35.3 Å². The second-order valence-corrected chi connectivity index (χ2v) is 3.72. The maximum absolute atomic E-state index is 6.03. The van der Waals surface area contributed by atoms with Gasteiger partial charge in [0.2, 0.25) is 0 Å². The zero-order chi connectivity index (χ0) is 8.55. The van der Waals surface area contributed by atoms with Crippen LogP contribution in [0.15, 0.2) is 18.2 Å². The fourth-order valence-electron chi connectivity index (χ4n) is 1.34. The highest BCUT2D eigenvalue weighted by atomic mass is 35.5. The van der Waals surface area contributed by atoms with Crippen molar-refractivity contribution < 1.29 is 0 Å². The molecular weight excluding hydrogens is 228 g/mol. The standard InChI is InChI=1S/C9H9Cl2N.ClH/c10-7-3-1-2-6(9(7)11)8-4-5-12-8;/h1-3,8,12H,4-5H2;1H/t8-;/m0./s1. The zero-order valence-electron chi connectivity index (χ0n) is 6.89. The average molecular weight is 239 g/mol. The average Bonchev–Trinajstić information content (AvgIpc) is 1.95. The Morgan fingerprint density at radius 3 is 2.54 bits per heavy atom. The summed E-state index contributed by atoms with van der Waals surface area (Å²) >= 11 is 11.9. The van der Waals surface area contributed by atoms with Gasteiger partial charge in [-0.05, 0) is 24.6 Å². The van der Waals surface area contributed by atoms with Crippen molar-refractivity contribution in [3.63, 3.8) is 0 Å². The van der Waals surface area contributed by atoms with Crippen molar-refractivity contribution in [2.24, 2.45) is 0 Å². The van der Waals surface area contributed by atoms with E-state index >= 15 is 0 Å². The minimum Gasteiger partial charge on any atom is -0.310 e. The van der Waals surface area contributed by atoms with Gasteiger partial charge in [0.25, 0.3) is 0 Å². The Balaban J connectivity index is 0.000000845. The molecule has 0 saturated carbocycles. The van der Waals surface area contributed by atoms with Crippen molar-refractivity contribution in [3.05, 3.63) is 33.8 Å². The molecule has 1 aliphatic heterocycles. The minimum atomic E-state index is 0. The molecule has 0 spiro atoms. The van der Waals surface area contributed by atoms with Crippen molar-refractivity contribution >= 4 is 35.6 Å². The first-order valence-corrected chi connectivity index (χ1v) is 4.72. The van der Waals surface area contributed by atoms with Crippen molar-refractivity contribution in [2.75, 3.05) is 6.54 Å². The molecule has 1 nitrogen and oxygen atoms in total. The lowest BCUT2D eigenvalue weighted by Crippen LogP contribution is -2.35. The third-order valence-electron chi connectivity index (χ3n) is 2.18. The molecule has 72 valence electrons. The molecule has 1 saturated heterocycles. The Morgan fingerprint density at radius 1 is 1.31 bits per heavy atom. The number of hydrogen-bond acceptors (Lipinski definition) is 1. The molecule has 0 amide bonds. The van der Waals surface area contributed by atoms with Crippen LogP contribution in [0.2, 0.25) is 10.0 Å². The SMILES string of the molecule is Cl.Clc1cccc([C@@H]2CCN2)c1Cl. The van der Waals surface area contributed by atoms with E-state index in [2.05, 4.69) is 5.32 Å². The summed E-state index contributed by atoms with van der Waals surface area (Å²) in [5.41, 5.74) is 1.12. The van der Waals surface area contributed by atoms with E-state index in [0.717, 1.165) is 18.5 Å².